The van der Waals surface area contributed by atoms with E-state index < -0.39 is 12.1 Å². The van der Waals surface area contributed by atoms with Gasteiger partial charge in [0.1, 0.15) is 6.61 Å². The second-order valence-electron chi connectivity index (χ2n) is 8.00. The summed E-state index contributed by atoms with van der Waals surface area (Å²) in [5, 5.41) is 14.0. The highest BCUT2D eigenvalue weighted by Crippen LogP contribution is 2.44. The number of amides is 2. The minimum Gasteiger partial charge on any atom is -0.472 e. The quantitative estimate of drug-likeness (QED) is 0.630. The van der Waals surface area contributed by atoms with Crippen molar-refractivity contribution in [2.24, 2.45) is 5.92 Å². The van der Waals surface area contributed by atoms with Crippen LogP contribution in [0.4, 0.5) is 4.79 Å². The van der Waals surface area contributed by atoms with Crippen molar-refractivity contribution in [2.45, 2.75) is 31.2 Å². The molecule has 0 heterocycles. The Bertz CT molecular complexity index is 1060. The van der Waals surface area contributed by atoms with Crippen molar-refractivity contribution in [1.82, 2.24) is 10.6 Å². The molecule has 2 aliphatic rings. The molecule has 1 fully saturated rings. The Kier molecular flexibility index (Phi) is 6.41. The molecule has 0 bridgehead atoms. The number of hydrogen-bond donors (Lipinski definition) is 3. The number of rotatable bonds is 5. The van der Waals surface area contributed by atoms with Gasteiger partial charge in [0.05, 0.1) is 6.54 Å². The summed E-state index contributed by atoms with van der Waals surface area (Å²) >= 11 is 0. The molecule has 0 aliphatic heterocycles. The number of hydrogen-bond acceptors (Lipinski definition) is 4. The van der Waals surface area contributed by atoms with E-state index in [2.05, 4.69) is 40.8 Å². The number of nitrogens with one attached hydrogen (secondary N) is 2. The molecular formula is C25H24N2O5. The second kappa shape index (κ2) is 9.56. The molecule has 0 spiro atoms. The zero-order valence-electron chi connectivity index (χ0n) is 17.5. The third kappa shape index (κ3) is 4.75. The number of ether oxygens (including phenoxy) is 1. The van der Waals surface area contributed by atoms with Crippen LogP contribution in [0.3, 0.4) is 0 Å². The van der Waals surface area contributed by atoms with Crippen LogP contribution < -0.4 is 10.6 Å². The van der Waals surface area contributed by atoms with Crippen molar-refractivity contribution in [3.8, 4) is 23.0 Å². The van der Waals surface area contributed by atoms with E-state index in [0.717, 1.165) is 11.1 Å². The predicted molar refractivity (Wildman–Crippen MR) is 118 cm³/mol. The molecule has 2 aliphatic carbocycles. The van der Waals surface area contributed by atoms with Gasteiger partial charge in [-0.25, -0.2) is 9.59 Å². The van der Waals surface area contributed by atoms with Gasteiger partial charge in [-0.1, -0.05) is 54.5 Å². The summed E-state index contributed by atoms with van der Waals surface area (Å²) in [4.78, 5) is 35.0. The Morgan fingerprint density at radius 3 is 2.31 bits per heavy atom. The Labute approximate surface area is 186 Å². The fourth-order valence-electron chi connectivity index (χ4n) is 4.55. The van der Waals surface area contributed by atoms with E-state index in [1.54, 1.807) is 0 Å². The largest absolute Gasteiger partial charge is 0.472 e. The monoisotopic (exact) mass is 432 g/mol. The Morgan fingerprint density at radius 1 is 1.00 bits per heavy atom. The fraction of sp³-hybridized carbons (Fsp3) is 0.320. The Morgan fingerprint density at radius 2 is 1.66 bits per heavy atom. The van der Waals surface area contributed by atoms with Crippen LogP contribution in [0.15, 0.2) is 48.5 Å². The van der Waals surface area contributed by atoms with Gasteiger partial charge in [-0.3, -0.25) is 4.79 Å². The highest BCUT2D eigenvalue weighted by atomic mass is 16.5. The van der Waals surface area contributed by atoms with E-state index >= 15 is 0 Å². The molecule has 0 unspecified atom stereocenters. The van der Waals surface area contributed by atoms with Crippen LogP contribution in [0.5, 0.6) is 0 Å². The van der Waals surface area contributed by atoms with Gasteiger partial charge in [0.25, 0.3) is 0 Å². The molecule has 2 amide bonds. The SMILES string of the molecule is O=C(O)C#CCNC(=O)[C@H]1CC[C@@H](NC(=O)OCC2c3ccccc3-c3ccccc32)C1. The number of benzene rings is 2. The summed E-state index contributed by atoms with van der Waals surface area (Å²) in [7, 11) is 0. The standard InChI is InChI=1S/C25H24N2O5/c28-23(29)10-5-13-26-24(30)16-11-12-17(14-16)27-25(31)32-15-22-20-8-3-1-6-18(20)19-7-2-4-9-21(19)22/h1-4,6-9,16-17,22H,11-15H2,(H,26,30)(H,27,31)(H,28,29)/t16-,17+/m0/s1. The number of carboxylic acids is 1. The molecule has 2 aromatic rings. The second-order valence-corrected chi connectivity index (χ2v) is 8.00. The van der Waals surface area contributed by atoms with E-state index in [1.807, 2.05) is 30.2 Å². The van der Waals surface area contributed by atoms with Gasteiger partial charge in [-0.15, -0.1) is 0 Å². The smallest absolute Gasteiger partial charge is 0.407 e. The minimum atomic E-state index is -1.23. The van der Waals surface area contributed by atoms with Crippen molar-refractivity contribution < 1.29 is 24.2 Å². The zero-order chi connectivity index (χ0) is 22.5. The van der Waals surface area contributed by atoms with Crippen molar-refractivity contribution in [1.29, 1.82) is 0 Å². The average molecular weight is 432 g/mol. The highest BCUT2D eigenvalue weighted by molar-refractivity contribution is 5.86. The molecule has 2 aromatic carbocycles. The van der Waals surface area contributed by atoms with Gasteiger partial charge in [0.2, 0.25) is 5.91 Å². The summed E-state index contributed by atoms with van der Waals surface area (Å²) in [5.41, 5.74) is 4.67. The van der Waals surface area contributed by atoms with Gasteiger partial charge in [-0.2, -0.15) is 0 Å². The van der Waals surface area contributed by atoms with Crippen molar-refractivity contribution in [3.63, 3.8) is 0 Å². The van der Waals surface area contributed by atoms with Crippen LogP contribution in [0.1, 0.15) is 36.3 Å². The first kappa shape index (κ1) is 21.4. The van der Waals surface area contributed by atoms with Crippen molar-refractivity contribution >= 4 is 18.0 Å². The van der Waals surface area contributed by atoms with Gasteiger partial charge in [-0.05, 0) is 41.5 Å². The summed E-state index contributed by atoms with van der Waals surface area (Å²) in [6, 6.07) is 16.2. The van der Waals surface area contributed by atoms with Crippen LogP contribution >= 0.6 is 0 Å². The highest BCUT2D eigenvalue weighted by Gasteiger charge is 2.32. The van der Waals surface area contributed by atoms with Crippen molar-refractivity contribution in [3.05, 3.63) is 59.7 Å². The third-order valence-corrected chi connectivity index (χ3v) is 6.02. The van der Waals surface area contributed by atoms with E-state index in [1.165, 1.54) is 11.1 Å². The maximum atomic E-state index is 12.4. The van der Waals surface area contributed by atoms with E-state index in [0.29, 0.717) is 19.3 Å². The summed E-state index contributed by atoms with van der Waals surface area (Å²) in [6.07, 6.45) is 1.36. The molecule has 2 atom stereocenters. The zero-order valence-corrected chi connectivity index (χ0v) is 17.5. The van der Waals surface area contributed by atoms with E-state index in [-0.39, 0.29) is 36.9 Å². The Balaban J connectivity index is 1.27. The summed E-state index contributed by atoms with van der Waals surface area (Å²) in [6.45, 7) is 0.241. The van der Waals surface area contributed by atoms with Gasteiger partial charge in [0, 0.05) is 23.8 Å². The van der Waals surface area contributed by atoms with Crippen LogP contribution in [0, 0.1) is 17.8 Å². The molecular weight excluding hydrogens is 408 g/mol. The van der Waals surface area contributed by atoms with Crippen LogP contribution in [-0.4, -0.2) is 42.3 Å². The maximum Gasteiger partial charge on any atom is 0.407 e. The fourth-order valence-corrected chi connectivity index (χ4v) is 4.55. The Hall–Kier alpha value is -3.79. The lowest BCUT2D eigenvalue weighted by atomic mass is 9.98. The normalized spacial score (nSPS) is 18.6. The van der Waals surface area contributed by atoms with Gasteiger partial charge >= 0.3 is 12.1 Å². The lowest BCUT2D eigenvalue weighted by molar-refractivity contribution is -0.130. The first-order valence-electron chi connectivity index (χ1n) is 10.6. The number of carbonyl (C=O) groups is 3. The number of alkyl carbamates (subject to hydrolysis) is 1. The predicted octanol–water partition coefficient (Wildman–Crippen LogP) is 2.90. The lowest BCUT2D eigenvalue weighted by Crippen LogP contribution is -2.35. The number of carbonyl (C=O) groups excluding carboxylic acids is 2. The van der Waals surface area contributed by atoms with Crippen LogP contribution in [-0.2, 0) is 14.3 Å². The summed E-state index contributed by atoms with van der Waals surface area (Å²) in [5.74, 6) is 2.68. The third-order valence-electron chi connectivity index (χ3n) is 6.02. The maximum absolute atomic E-state index is 12.4. The van der Waals surface area contributed by atoms with Gasteiger partial charge < -0.3 is 20.5 Å². The number of fused-ring (bicyclic) bond motifs is 3. The molecule has 7 nitrogen and oxygen atoms in total. The first-order chi connectivity index (χ1) is 15.5. The molecule has 3 N–H and O–H groups in total. The molecule has 7 heteroatoms. The summed E-state index contributed by atoms with van der Waals surface area (Å²) < 4.78 is 5.57. The molecule has 0 saturated heterocycles. The number of aliphatic carboxylic acids is 1. The molecule has 1 saturated carbocycles. The van der Waals surface area contributed by atoms with Crippen LogP contribution in [0.25, 0.3) is 11.1 Å². The molecule has 4 rings (SSSR count). The topological polar surface area (TPSA) is 105 Å². The number of carboxylic acid groups (broad SMARTS) is 1. The van der Waals surface area contributed by atoms with Crippen molar-refractivity contribution in [2.75, 3.05) is 13.2 Å². The first-order valence-corrected chi connectivity index (χ1v) is 10.6. The minimum absolute atomic E-state index is 0.00201. The van der Waals surface area contributed by atoms with E-state index in [9.17, 15) is 14.4 Å². The molecule has 0 aromatic heterocycles. The molecule has 32 heavy (non-hydrogen) atoms. The average Bonchev–Trinajstić information content (AvgIpc) is 3.38. The lowest BCUT2D eigenvalue weighted by Gasteiger charge is -2.17. The molecule has 164 valence electrons. The van der Waals surface area contributed by atoms with Gasteiger partial charge in [0.15, 0.2) is 0 Å². The molecule has 0 radical (unpaired) electrons. The van der Waals surface area contributed by atoms with Crippen LogP contribution in [0.2, 0.25) is 0 Å². The van der Waals surface area contributed by atoms with E-state index in [4.69, 9.17) is 9.84 Å².